The fourth-order valence-corrected chi connectivity index (χ4v) is 3.66. The molecule has 0 saturated carbocycles. The number of para-hydroxylation sites is 1. The summed E-state index contributed by atoms with van der Waals surface area (Å²) in [6.07, 6.45) is 2.62. The predicted molar refractivity (Wildman–Crippen MR) is 96.3 cm³/mol. The number of hydrogen-bond donors (Lipinski definition) is 1. The molecule has 2 heterocycles. The molecule has 0 unspecified atom stereocenters. The topological polar surface area (TPSA) is 54.9 Å². The highest BCUT2D eigenvalue weighted by Crippen LogP contribution is 2.23. The summed E-state index contributed by atoms with van der Waals surface area (Å²) in [5.74, 6) is 0.166. The average Bonchev–Trinajstić information content (AvgIpc) is 3.04. The number of aromatic nitrogens is 2. The summed E-state index contributed by atoms with van der Waals surface area (Å²) >= 11 is 0. The Morgan fingerprint density at radius 1 is 1.08 bits per heavy atom. The number of fused-ring (bicyclic) bond motifs is 2. The van der Waals surface area contributed by atoms with E-state index < -0.39 is 0 Å². The second-order valence-electron chi connectivity index (χ2n) is 6.75. The second kappa shape index (κ2) is 5.48. The van der Waals surface area contributed by atoms with Crippen molar-refractivity contribution < 1.29 is 0 Å². The third-order valence-electron chi connectivity index (χ3n) is 4.85. The zero-order valence-electron chi connectivity index (χ0n) is 13.9. The van der Waals surface area contributed by atoms with E-state index in [1.807, 2.05) is 36.4 Å². The highest BCUT2D eigenvalue weighted by Gasteiger charge is 2.21. The fraction of sp³-hybridized carbons (Fsp3) is 0.300. The van der Waals surface area contributed by atoms with E-state index in [0.29, 0.717) is 5.52 Å². The van der Waals surface area contributed by atoms with E-state index in [9.17, 15) is 9.59 Å². The van der Waals surface area contributed by atoms with Gasteiger partial charge in [0.05, 0.1) is 5.52 Å². The highest BCUT2D eigenvalue weighted by molar-refractivity contribution is 5.80. The van der Waals surface area contributed by atoms with Gasteiger partial charge in [-0.2, -0.15) is 0 Å². The zero-order chi connectivity index (χ0) is 16.8. The van der Waals surface area contributed by atoms with Gasteiger partial charge in [0, 0.05) is 22.6 Å². The molecule has 1 aliphatic carbocycles. The lowest BCUT2D eigenvalue weighted by atomic mass is 10.0. The van der Waals surface area contributed by atoms with Crippen LogP contribution >= 0.6 is 0 Å². The Bertz CT molecular complexity index is 1040. The molecule has 24 heavy (non-hydrogen) atoms. The summed E-state index contributed by atoms with van der Waals surface area (Å²) in [4.78, 5) is 29.4. The monoisotopic (exact) mass is 320 g/mol. The number of aryl methyl sites for hydroxylation is 1. The summed E-state index contributed by atoms with van der Waals surface area (Å²) in [6, 6.07) is 11.5. The molecular weight excluding hydrogens is 300 g/mol. The van der Waals surface area contributed by atoms with Crippen LogP contribution in [0.2, 0.25) is 0 Å². The summed E-state index contributed by atoms with van der Waals surface area (Å²) in [5, 5.41) is 0.281. The van der Waals surface area contributed by atoms with Crippen molar-refractivity contribution in [2.75, 3.05) is 0 Å². The van der Waals surface area contributed by atoms with Crippen molar-refractivity contribution in [2.45, 2.75) is 39.0 Å². The SMILES string of the molecule is CC(C)c1cc2[nH]c3c(c(=O)c2c(=O)n1-c1ccccc1)CCC3. The Kier molecular flexibility index (Phi) is 3.41. The molecule has 0 amide bonds. The van der Waals surface area contributed by atoms with Crippen LogP contribution in [0.5, 0.6) is 0 Å². The number of hydrogen-bond acceptors (Lipinski definition) is 2. The minimum Gasteiger partial charge on any atom is -0.358 e. The van der Waals surface area contributed by atoms with Gasteiger partial charge in [-0.25, -0.2) is 0 Å². The van der Waals surface area contributed by atoms with E-state index in [4.69, 9.17) is 0 Å². The molecule has 0 radical (unpaired) electrons. The van der Waals surface area contributed by atoms with Gasteiger partial charge in [-0.3, -0.25) is 14.2 Å². The molecule has 4 heteroatoms. The van der Waals surface area contributed by atoms with E-state index in [0.717, 1.165) is 41.9 Å². The Labute approximate surface area is 139 Å². The van der Waals surface area contributed by atoms with E-state index in [-0.39, 0.29) is 22.3 Å². The van der Waals surface area contributed by atoms with Gasteiger partial charge in [0.15, 0.2) is 5.43 Å². The Morgan fingerprint density at radius 2 is 1.83 bits per heavy atom. The zero-order valence-corrected chi connectivity index (χ0v) is 13.9. The lowest BCUT2D eigenvalue weighted by Gasteiger charge is -2.17. The van der Waals surface area contributed by atoms with Gasteiger partial charge in [-0.1, -0.05) is 32.0 Å². The van der Waals surface area contributed by atoms with Crippen LogP contribution < -0.4 is 11.0 Å². The van der Waals surface area contributed by atoms with Gasteiger partial charge >= 0.3 is 0 Å². The van der Waals surface area contributed by atoms with Gasteiger partial charge < -0.3 is 4.98 Å². The van der Waals surface area contributed by atoms with E-state index in [1.165, 1.54) is 0 Å². The molecule has 0 saturated heterocycles. The molecule has 4 rings (SSSR count). The molecule has 1 N–H and O–H groups in total. The van der Waals surface area contributed by atoms with Crippen molar-refractivity contribution in [3.8, 4) is 5.69 Å². The average molecular weight is 320 g/mol. The van der Waals surface area contributed by atoms with Gasteiger partial charge in [0.2, 0.25) is 0 Å². The first-order valence-corrected chi connectivity index (χ1v) is 8.47. The molecular formula is C20H20N2O2. The summed E-state index contributed by atoms with van der Waals surface area (Å²) in [7, 11) is 0. The van der Waals surface area contributed by atoms with Crippen LogP contribution in [0.15, 0.2) is 46.0 Å². The number of pyridine rings is 2. The van der Waals surface area contributed by atoms with Crippen molar-refractivity contribution in [2.24, 2.45) is 0 Å². The number of nitrogens with one attached hydrogen (secondary N) is 1. The summed E-state index contributed by atoms with van der Waals surface area (Å²) < 4.78 is 1.68. The fourth-order valence-electron chi connectivity index (χ4n) is 3.66. The van der Waals surface area contributed by atoms with Crippen molar-refractivity contribution in [1.29, 1.82) is 0 Å². The summed E-state index contributed by atoms with van der Waals surface area (Å²) in [6.45, 7) is 4.12. The van der Waals surface area contributed by atoms with Gasteiger partial charge in [0.25, 0.3) is 5.56 Å². The number of H-pyrrole nitrogens is 1. The standard InChI is InChI=1S/C20H20N2O2/c1-12(2)17-11-16-18(19(23)14-9-6-10-15(14)21-16)20(24)22(17)13-7-4-3-5-8-13/h3-5,7-8,11-12H,6,9-10H2,1-2H3,(H,21,23). The number of rotatable bonds is 2. The third kappa shape index (κ3) is 2.13. The molecule has 1 aromatic carbocycles. The van der Waals surface area contributed by atoms with Crippen LogP contribution in [0.4, 0.5) is 0 Å². The maximum Gasteiger partial charge on any atom is 0.268 e. The Morgan fingerprint density at radius 3 is 2.54 bits per heavy atom. The van der Waals surface area contributed by atoms with Gasteiger partial charge in [-0.05, 0) is 43.4 Å². The van der Waals surface area contributed by atoms with Gasteiger partial charge in [-0.15, -0.1) is 0 Å². The minimum absolute atomic E-state index is 0.0961. The molecule has 1 aliphatic rings. The van der Waals surface area contributed by atoms with E-state index in [2.05, 4.69) is 18.8 Å². The lowest BCUT2D eigenvalue weighted by molar-refractivity contribution is 0.764. The maximum atomic E-state index is 13.2. The molecule has 0 atom stereocenters. The second-order valence-corrected chi connectivity index (χ2v) is 6.75. The first-order chi connectivity index (χ1) is 11.6. The van der Waals surface area contributed by atoms with Gasteiger partial charge in [0.1, 0.15) is 5.39 Å². The van der Waals surface area contributed by atoms with Crippen LogP contribution in [0, 0.1) is 0 Å². The molecule has 0 aliphatic heterocycles. The lowest BCUT2D eigenvalue weighted by Crippen LogP contribution is -2.28. The van der Waals surface area contributed by atoms with Crippen LogP contribution in [0.25, 0.3) is 16.6 Å². The molecule has 122 valence electrons. The Balaban J connectivity index is 2.16. The first kappa shape index (κ1) is 14.9. The molecule has 3 aromatic rings. The van der Waals surface area contributed by atoms with E-state index in [1.54, 1.807) is 4.57 Å². The molecule has 0 bridgehead atoms. The largest absolute Gasteiger partial charge is 0.358 e. The van der Waals surface area contributed by atoms with Crippen LogP contribution in [0.1, 0.15) is 43.1 Å². The van der Waals surface area contributed by atoms with E-state index >= 15 is 0 Å². The molecule has 2 aromatic heterocycles. The van der Waals surface area contributed by atoms with Crippen LogP contribution in [-0.4, -0.2) is 9.55 Å². The molecule has 0 spiro atoms. The van der Waals surface area contributed by atoms with Crippen molar-refractivity contribution >= 4 is 10.9 Å². The van der Waals surface area contributed by atoms with Crippen LogP contribution in [-0.2, 0) is 12.8 Å². The minimum atomic E-state index is -0.224. The van der Waals surface area contributed by atoms with Crippen molar-refractivity contribution in [1.82, 2.24) is 9.55 Å². The number of benzene rings is 1. The normalized spacial score (nSPS) is 13.6. The van der Waals surface area contributed by atoms with Crippen molar-refractivity contribution in [3.05, 3.63) is 73.9 Å². The Hall–Kier alpha value is -2.62. The maximum absolute atomic E-state index is 13.2. The first-order valence-electron chi connectivity index (χ1n) is 8.47. The van der Waals surface area contributed by atoms with Crippen molar-refractivity contribution in [3.63, 3.8) is 0 Å². The highest BCUT2D eigenvalue weighted by atomic mass is 16.1. The summed E-state index contributed by atoms with van der Waals surface area (Å²) in [5.41, 5.74) is 3.84. The smallest absolute Gasteiger partial charge is 0.268 e. The number of nitrogens with zero attached hydrogens (tertiary/aromatic N) is 1. The molecule has 4 nitrogen and oxygen atoms in total. The quantitative estimate of drug-likeness (QED) is 0.788. The predicted octanol–water partition coefficient (Wildman–Crippen LogP) is 3.29. The molecule has 0 fully saturated rings. The van der Waals surface area contributed by atoms with Crippen LogP contribution in [0.3, 0.4) is 0 Å². The number of aromatic amines is 1. The third-order valence-corrected chi connectivity index (χ3v) is 4.85.